The molecule has 0 saturated heterocycles. The number of nitrogens with one attached hydrogen (secondary N) is 1. The van der Waals surface area contributed by atoms with Crippen LogP contribution in [-0.2, 0) is 11.4 Å². The molecule has 1 amide bonds. The number of pyridine rings is 1. The summed E-state index contributed by atoms with van der Waals surface area (Å²) in [5.41, 5.74) is 2.96. The molecule has 4 rings (SSSR count). The number of rotatable bonds is 4. The van der Waals surface area contributed by atoms with E-state index >= 15 is 0 Å². The van der Waals surface area contributed by atoms with E-state index in [0.717, 1.165) is 22.7 Å². The van der Waals surface area contributed by atoms with Gasteiger partial charge < -0.3 is 10.1 Å². The van der Waals surface area contributed by atoms with Gasteiger partial charge in [0.05, 0.1) is 22.4 Å². The number of thioether (sulfide) groups is 1. The summed E-state index contributed by atoms with van der Waals surface area (Å²) in [6, 6.07) is 15.8. The van der Waals surface area contributed by atoms with Crippen molar-refractivity contribution in [3.63, 3.8) is 0 Å². The lowest BCUT2D eigenvalue weighted by atomic mass is 10.1. The van der Waals surface area contributed by atoms with Crippen LogP contribution in [0.1, 0.15) is 21.4 Å². The molecule has 0 fully saturated rings. The maximum absolute atomic E-state index is 11.9. The van der Waals surface area contributed by atoms with E-state index in [-0.39, 0.29) is 11.2 Å². The van der Waals surface area contributed by atoms with Gasteiger partial charge in [0.15, 0.2) is 0 Å². The summed E-state index contributed by atoms with van der Waals surface area (Å²) < 4.78 is 5.89. The first kappa shape index (κ1) is 16.2. The molecule has 0 spiro atoms. The molecule has 0 aliphatic carbocycles. The second-order valence-electron chi connectivity index (χ2n) is 5.62. The third-order valence-corrected chi connectivity index (χ3v) is 6.26. The molecule has 25 heavy (non-hydrogen) atoms. The van der Waals surface area contributed by atoms with Crippen LogP contribution in [0.4, 0.5) is 5.69 Å². The second-order valence-corrected chi connectivity index (χ2v) is 7.66. The highest BCUT2D eigenvalue weighted by Gasteiger charge is 2.25. The highest BCUT2D eigenvalue weighted by atomic mass is 32.2. The molecule has 0 radical (unpaired) electrons. The number of benzene rings is 1. The Morgan fingerprint density at radius 2 is 2.16 bits per heavy atom. The molecular formula is C19H16N2O2S2. The van der Waals surface area contributed by atoms with Crippen molar-refractivity contribution in [1.82, 2.24) is 4.98 Å². The van der Waals surface area contributed by atoms with E-state index in [1.165, 1.54) is 4.88 Å². The normalized spacial score (nSPS) is 16.6. The highest BCUT2D eigenvalue weighted by molar-refractivity contribution is 8.00. The zero-order valence-corrected chi connectivity index (χ0v) is 15.0. The van der Waals surface area contributed by atoms with E-state index in [1.54, 1.807) is 29.3 Å². The minimum atomic E-state index is 0.0507. The number of hydrogen-bond donors (Lipinski definition) is 1. The number of ether oxygens (including phenoxy) is 1. The number of thiophene rings is 1. The van der Waals surface area contributed by atoms with Crippen LogP contribution in [0.25, 0.3) is 0 Å². The minimum absolute atomic E-state index is 0.0507. The molecule has 4 nitrogen and oxygen atoms in total. The fourth-order valence-corrected chi connectivity index (χ4v) is 4.94. The van der Waals surface area contributed by atoms with Gasteiger partial charge in [-0.15, -0.1) is 23.1 Å². The van der Waals surface area contributed by atoms with Gasteiger partial charge in [-0.1, -0.05) is 18.2 Å². The number of aromatic nitrogens is 1. The SMILES string of the molecule is O=C1CS[C@H](c2cccc(OCc3ccccn3)c2)c2sccc2N1. The quantitative estimate of drug-likeness (QED) is 0.737. The highest BCUT2D eigenvalue weighted by Crippen LogP contribution is 2.44. The van der Waals surface area contributed by atoms with Gasteiger partial charge in [0.25, 0.3) is 0 Å². The number of hydrogen-bond acceptors (Lipinski definition) is 5. The van der Waals surface area contributed by atoms with Crippen LogP contribution in [0.15, 0.2) is 60.1 Å². The van der Waals surface area contributed by atoms with E-state index < -0.39 is 0 Å². The molecule has 1 aliphatic heterocycles. The topological polar surface area (TPSA) is 51.2 Å². The van der Waals surface area contributed by atoms with Gasteiger partial charge in [-0.05, 0) is 41.3 Å². The monoisotopic (exact) mass is 368 g/mol. The Morgan fingerprint density at radius 3 is 3.04 bits per heavy atom. The van der Waals surface area contributed by atoms with Crippen LogP contribution in [0.3, 0.4) is 0 Å². The largest absolute Gasteiger partial charge is 0.487 e. The molecule has 2 aromatic heterocycles. The summed E-state index contributed by atoms with van der Waals surface area (Å²) >= 11 is 3.32. The molecule has 1 N–H and O–H groups in total. The van der Waals surface area contributed by atoms with Gasteiger partial charge in [-0.25, -0.2) is 0 Å². The van der Waals surface area contributed by atoms with Gasteiger partial charge in [-0.2, -0.15) is 0 Å². The molecule has 1 aromatic carbocycles. The predicted molar refractivity (Wildman–Crippen MR) is 102 cm³/mol. The smallest absolute Gasteiger partial charge is 0.234 e. The summed E-state index contributed by atoms with van der Waals surface area (Å²) in [5.74, 6) is 1.31. The number of nitrogens with zero attached hydrogens (tertiary/aromatic N) is 1. The van der Waals surface area contributed by atoms with Crippen LogP contribution in [0, 0.1) is 0 Å². The summed E-state index contributed by atoms with van der Waals surface area (Å²) in [4.78, 5) is 17.3. The Kier molecular flexibility index (Phi) is 4.72. The molecule has 126 valence electrons. The number of fused-ring (bicyclic) bond motifs is 1. The number of carbonyl (C=O) groups is 1. The molecule has 0 unspecified atom stereocenters. The zero-order chi connectivity index (χ0) is 17.1. The predicted octanol–water partition coefficient (Wildman–Crippen LogP) is 4.50. The average Bonchev–Trinajstić information content (AvgIpc) is 3.03. The van der Waals surface area contributed by atoms with Crippen LogP contribution < -0.4 is 10.1 Å². The standard InChI is InChI=1S/C19H16N2O2S2/c22-17-12-25-18(19-16(21-17)7-9-24-19)13-4-3-6-15(10-13)23-11-14-5-1-2-8-20-14/h1-10,18H,11-12H2,(H,21,22)/t18-/m1/s1. The lowest BCUT2D eigenvalue weighted by Gasteiger charge is -2.15. The Morgan fingerprint density at radius 1 is 1.20 bits per heavy atom. The van der Waals surface area contributed by atoms with E-state index in [4.69, 9.17) is 4.74 Å². The van der Waals surface area contributed by atoms with Crippen LogP contribution in [0.2, 0.25) is 0 Å². The van der Waals surface area contributed by atoms with Crippen molar-refractivity contribution >= 4 is 34.7 Å². The summed E-state index contributed by atoms with van der Waals surface area (Å²) in [7, 11) is 0. The Bertz CT molecular complexity index is 880. The average molecular weight is 368 g/mol. The fourth-order valence-electron chi connectivity index (χ4n) is 2.70. The van der Waals surface area contributed by atoms with E-state index in [0.29, 0.717) is 12.4 Å². The molecule has 0 bridgehead atoms. The van der Waals surface area contributed by atoms with Crippen LogP contribution in [0.5, 0.6) is 5.75 Å². The van der Waals surface area contributed by atoms with Gasteiger partial charge in [0.2, 0.25) is 5.91 Å². The van der Waals surface area contributed by atoms with Gasteiger partial charge in [-0.3, -0.25) is 9.78 Å². The molecule has 1 aliphatic rings. The van der Waals surface area contributed by atoms with E-state index in [9.17, 15) is 4.79 Å². The Hall–Kier alpha value is -2.31. The van der Waals surface area contributed by atoms with Crippen molar-refractivity contribution in [2.75, 3.05) is 11.1 Å². The maximum atomic E-state index is 11.9. The van der Waals surface area contributed by atoms with Crippen molar-refractivity contribution in [3.8, 4) is 5.75 Å². The Balaban J connectivity index is 1.56. The van der Waals surface area contributed by atoms with Crippen molar-refractivity contribution in [3.05, 3.63) is 76.2 Å². The molecular weight excluding hydrogens is 352 g/mol. The zero-order valence-electron chi connectivity index (χ0n) is 13.3. The number of amides is 1. The molecule has 0 saturated carbocycles. The third kappa shape index (κ3) is 3.70. The number of anilines is 1. The maximum Gasteiger partial charge on any atom is 0.234 e. The van der Waals surface area contributed by atoms with E-state index in [2.05, 4.69) is 22.4 Å². The van der Waals surface area contributed by atoms with Crippen molar-refractivity contribution in [2.24, 2.45) is 0 Å². The molecule has 3 aromatic rings. The summed E-state index contributed by atoms with van der Waals surface area (Å²) in [6.45, 7) is 0.437. The van der Waals surface area contributed by atoms with Gasteiger partial charge >= 0.3 is 0 Å². The van der Waals surface area contributed by atoms with Gasteiger partial charge in [0, 0.05) is 11.1 Å². The summed E-state index contributed by atoms with van der Waals surface area (Å²) in [5, 5.41) is 5.13. The van der Waals surface area contributed by atoms with Gasteiger partial charge in [0.1, 0.15) is 12.4 Å². The fraction of sp³-hybridized carbons (Fsp3) is 0.158. The van der Waals surface area contributed by atoms with Crippen LogP contribution in [-0.4, -0.2) is 16.6 Å². The molecule has 6 heteroatoms. The van der Waals surface area contributed by atoms with Crippen molar-refractivity contribution in [1.29, 1.82) is 0 Å². The number of carbonyl (C=O) groups excluding carboxylic acids is 1. The van der Waals surface area contributed by atoms with Crippen molar-refractivity contribution < 1.29 is 9.53 Å². The van der Waals surface area contributed by atoms with Crippen LogP contribution >= 0.6 is 23.1 Å². The minimum Gasteiger partial charge on any atom is -0.487 e. The second kappa shape index (κ2) is 7.29. The van der Waals surface area contributed by atoms with E-state index in [1.807, 2.05) is 41.8 Å². The third-order valence-electron chi connectivity index (χ3n) is 3.86. The first-order valence-corrected chi connectivity index (χ1v) is 9.84. The Labute approximate surface area is 154 Å². The molecule has 1 atom stereocenters. The summed E-state index contributed by atoms with van der Waals surface area (Å²) in [6.07, 6.45) is 1.76. The lowest BCUT2D eigenvalue weighted by molar-refractivity contribution is -0.113. The first-order valence-electron chi connectivity index (χ1n) is 7.91. The van der Waals surface area contributed by atoms with Crippen molar-refractivity contribution in [2.45, 2.75) is 11.9 Å². The molecule has 3 heterocycles. The first-order chi connectivity index (χ1) is 12.3. The lowest BCUT2D eigenvalue weighted by Crippen LogP contribution is -2.11.